The zero-order chi connectivity index (χ0) is 19.2. The molecule has 142 valence electrons. The molecule has 3 N–H and O–H groups in total. The molecule has 0 spiro atoms. The number of hydrogen-bond acceptors (Lipinski definition) is 4. The Balaban J connectivity index is 1.62. The van der Waals surface area contributed by atoms with Gasteiger partial charge in [0.2, 0.25) is 5.95 Å². The van der Waals surface area contributed by atoms with Gasteiger partial charge >= 0.3 is 0 Å². The monoisotopic (exact) mass is 363 g/mol. The number of aromatic amines is 1. The van der Waals surface area contributed by atoms with Crippen LogP contribution in [-0.4, -0.2) is 32.1 Å². The highest BCUT2D eigenvalue weighted by atomic mass is 15.1. The van der Waals surface area contributed by atoms with Crippen LogP contribution in [0.15, 0.2) is 36.7 Å². The van der Waals surface area contributed by atoms with Crippen molar-refractivity contribution >= 4 is 16.9 Å². The number of para-hydroxylation sites is 1. The van der Waals surface area contributed by atoms with E-state index >= 15 is 0 Å². The topological polar surface area (TPSA) is 65.6 Å². The van der Waals surface area contributed by atoms with E-state index < -0.39 is 0 Å². The summed E-state index contributed by atoms with van der Waals surface area (Å²) in [5, 5.41) is 8.50. The number of fused-ring (bicyclic) bond motifs is 1. The fourth-order valence-electron chi connectivity index (χ4n) is 4.70. The molecule has 5 heteroatoms. The highest BCUT2D eigenvalue weighted by Crippen LogP contribution is 2.31. The molecule has 3 heterocycles. The van der Waals surface area contributed by atoms with Gasteiger partial charge in [-0.1, -0.05) is 18.2 Å². The van der Waals surface area contributed by atoms with Gasteiger partial charge in [-0.25, -0.2) is 9.97 Å². The lowest BCUT2D eigenvalue weighted by atomic mass is 9.80. The third kappa shape index (κ3) is 3.69. The lowest BCUT2D eigenvalue weighted by Gasteiger charge is -2.46. The van der Waals surface area contributed by atoms with Crippen LogP contribution in [0.4, 0.5) is 5.95 Å². The van der Waals surface area contributed by atoms with E-state index in [4.69, 9.17) is 4.98 Å². The van der Waals surface area contributed by atoms with Gasteiger partial charge in [0, 0.05) is 46.0 Å². The van der Waals surface area contributed by atoms with Crippen molar-refractivity contribution in [3.8, 4) is 11.3 Å². The zero-order valence-corrected chi connectivity index (χ0v) is 16.9. The summed E-state index contributed by atoms with van der Waals surface area (Å²) in [5.41, 5.74) is 4.64. The van der Waals surface area contributed by atoms with Crippen LogP contribution in [0.25, 0.3) is 22.2 Å². The van der Waals surface area contributed by atoms with E-state index in [1.807, 2.05) is 18.5 Å². The Morgan fingerprint density at radius 1 is 1.07 bits per heavy atom. The summed E-state index contributed by atoms with van der Waals surface area (Å²) < 4.78 is 0. The molecule has 3 aromatic rings. The van der Waals surface area contributed by atoms with Crippen LogP contribution in [0.3, 0.4) is 0 Å². The maximum absolute atomic E-state index is 4.82. The Morgan fingerprint density at radius 3 is 2.56 bits per heavy atom. The summed E-state index contributed by atoms with van der Waals surface area (Å²) in [6.07, 6.45) is 5.96. The SMILES string of the molecule is Cc1cccc2c(-c3ccnc(NC4CC(C)(C)NC(C)(C)C4)n3)c[nH]c12. The van der Waals surface area contributed by atoms with Crippen LogP contribution in [0, 0.1) is 6.92 Å². The van der Waals surface area contributed by atoms with Gasteiger partial charge in [-0.2, -0.15) is 0 Å². The van der Waals surface area contributed by atoms with E-state index in [-0.39, 0.29) is 11.1 Å². The molecular weight excluding hydrogens is 334 g/mol. The molecule has 1 saturated heterocycles. The molecule has 27 heavy (non-hydrogen) atoms. The fourth-order valence-corrected chi connectivity index (χ4v) is 4.70. The maximum Gasteiger partial charge on any atom is 0.223 e. The number of anilines is 1. The molecule has 0 bridgehead atoms. The number of nitrogens with one attached hydrogen (secondary N) is 3. The molecule has 0 unspecified atom stereocenters. The van der Waals surface area contributed by atoms with E-state index in [2.05, 4.69) is 73.4 Å². The van der Waals surface area contributed by atoms with Gasteiger partial charge in [-0.3, -0.25) is 0 Å². The molecule has 1 aromatic carbocycles. The highest BCUT2D eigenvalue weighted by molar-refractivity contribution is 5.96. The van der Waals surface area contributed by atoms with E-state index in [0.717, 1.165) is 24.1 Å². The third-order valence-electron chi connectivity index (χ3n) is 5.38. The second kappa shape index (κ2) is 6.34. The smallest absolute Gasteiger partial charge is 0.223 e. The first-order chi connectivity index (χ1) is 12.7. The van der Waals surface area contributed by atoms with Crippen molar-refractivity contribution in [2.45, 2.75) is 64.6 Å². The van der Waals surface area contributed by atoms with Crippen molar-refractivity contribution in [3.05, 3.63) is 42.2 Å². The molecule has 1 aliphatic rings. The molecule has 1 aliphatic heterocycles. The van der Waals surface area contributed by atoms with Gasteiger partial charge in [-0.05, 0) is 59.1 Å². The van der Waals surface area contributed by atoms with Gasteiger partial charge < -0.3 is 15.6 Å². The average molecular weight is 364 g/mol. The Kier molecular flexibility index (Phi) is 4.22. The third-order valence-corrected chi connectivity index (χ3v) is 5.38. The quantitative estimate of drug-likeness (QED) is 0.633. The van der Waals surface area contributed by atoms with E-state index in [1.165, 1.54) is 16.5 Å². The van der Waals surface area contributed by atoms with Crippen LogP contribution in [0.1, 0.15) is 46.1 Å². The standard InChI is InChI=1S/C22H29N5/c1-14-7-6-8-16-17(13-24-19(14)16)18-9-10-23-20(26-18)25-15-11-21(2,3)27-22(4,5)12-15/h6-10,13,15,24,27H,11-12H2,1-5H3,(H,23,25,26). The van der Waals surface area contributed by atoms with Gasteiger partial charge in [-0.15, -0.1) is 0 Å². The Hall–Kier alpha value is -2.40. The molecule has 2 aromatic heterocycles. The molecule has 0 aliphatic carbocycles. The van der Waals surface area contributed by atoms with Gasteiger partial charge in [0.15, 0.2) is 0 Å². The van der Waals surface area contributed by atoms with Crippen LogP contribution in [-0.2, 0) is 0 Å². The second-order valence-corrected chi connectivity index (χ2v) is 9.11. The van der Waals surface area contributed by atoms with Crippen molar-refractivity contribution in [1.29, 1.82) is 0 Å². The number of aryl methyl sites for hydroxylation is 1. The molecule has 0 radical (unpaired) electrons. The number of nitrogens with zero attached hydrogens (tertiary/aromatic N) is 2. The number of hydrogen-bond donors (Lipinski definition) is 3. The maximum atomic E-state index is 4.82. The van der Waals surface area contributed by atoms with Crippen molar-refractivity contribution in [3.63, 3.8) is 0 Å². The summed E-state index contributed by atoms with van der Waals surface area (Å²) in [4.78, 5) is 12.7. The molecule has 5 nitrogen and oxygen atoms in total. The first kappa shape index (κ1) is 18.0. The van der Waals surface area contributed by atoms with Gasteiger partial charge in [0.1, 0.15) is 0 Å². The van der Waals surface area contributed by atoms with Crippen LogP contribution >= 0.6 is 0 Å². The number of rotatable bonds is 3. The van der Waals surface area contributed by atoms with Crippen molar-refractivity contribution < 1.29 is 0 Å². The summed E-state index contributed by atoms with van der Waals surface area (Å²) in [6, 6.07) is 8.68. The number of benzene rings is 1. The summed E-state index contributed by atoms with van der Waals surface area (Å²) >= 11 is 0. The van der Waals surface area contributed by atoms with E-state index in [9.17, 15) is 0 Å². The summed E-state index contributed by atoms with van der Waals surface area (Å²) in [6.45, 7) is 11.2. The predicted octanol–water partition coefficient (Wildman–Crippen LogP) is 4.65. The van der Waals surface area contributed by atoms with Crippen molar-refractivity contribution in [2.24, 2.45) is 0 Å². The Bertz CT molecular complexity index is 954. The molecule has 1 fully saturated rings. The highest BCUT2D eigenvalue weighted by Gasteiger charge is 2.37. The largest absolute Gasteiger partial charge is 0.360 e. The van der Waals surface area contributed by atoms with E-state index in [1.54, 1.807) is 0 Å². The molecule has 0 saturated carbocycles. The molecule has 0 atom stereocenters. The first-order valence-electron chi connectivity index (χ1n) is 9.68. The first-order valence-corrected chi connectivity index (χ1v) is 9.68. The minimum atomic E-state index is 0.0887. The van der Waals surface area contributed by atoms with Crippen LogP contribution < -0.4 is 10.6 Å². The number of aromatic nitrogens is 3. The molecule has 0 amide bonds. The zero-order valence-electron chi connectivity index (χ0n) is 16.9. The molecular formula is C22H29N5. The Morgan fingerprint density at radius 2 is 1.81 bits per heavy atom. The van der Waals surface area contributed by atoms with Crippen molar-refractivity contribution in [1.82, 2.24) is 20.3 Å². The Labute approximate surface area is 161 Å². The lowest BCUT2D eigenvalue weighted by molar-refractivity contribution is 0.170. The predicted molar refractivity (Wildman–Crippen MR) is 112 cm³/mol. The lowest BCUT2D eigenvalue weighted by Crippen LogP contribution is -2.60. The average Bonchev–Trinajstić information content (AvgIpc) is 2.97. The normalized spacial score (nSPS) is 19.3. The molecule has 4 rings (SSSR count). The number of H-pyrrole nitrogens is 1. The van der Waals surface area contributed by atoms with E-state index in [0.29, 0.717) is 12.0 Å². The van der Waals surface area contributed by atoms with Crippen molar-refractivity contribution in [2.75, 3.05) is 5.32 Å². The minimum absolute atomic E-state index is 0.0887. The van der Waals surface area contributed by atoms with Crippen LogP contribution in [0.2, 0.25) is 0 Å². The number of piperidine rings is 1. The van der Waals surface area contributed by atoms with Crippen LogP contribution in [0.5, 0.6) is 0 Å². The fraction of sp³-hybridized carbons (Fsp3) is 0.455. The second-order valence-electron chi connectivity index (χ2n) is 9.11. The summed E-state index contributed by atoms with van der Waals surface area (Å²) in [5.74, 6) is 0.702. The van der Waals surface area contributed by atoms with Gasteiger partial charge in [0.25, 0.3) is 0 Å². The van der Waals surface area contributed by atoms with Gasteiger partial charge in [0.05, 0.1) is 5.69 Å². The minimum Gasteiger partial charge on any atom is -0.360 e. The summed E-state index contributed by atoms with van der Waals surface area (Å²) in [7, 11) is 0.